The van der Waals surface area contributed by atoms with Crippen molar-refractivity contribution in [3.63, 3.8) is 0 Å². The molecule has 20 heavy (non-hydrogen) atoms. The van der Waals surface area contributed by atoms with Crippen LogP contribution in [0, 0.1) is 24.4 Å². The molecule has 1 atom stereocenters. The van der Waals surface area contributed by atoms with Gasteiger partial charge in [0.2, 0.25) is 0 Å². The number of nitrogens with one attached hydrogen (secondary N) is 1. The fourth-order valence-electron chi connectivity index (χ4n) is 2.02. The Morgan fingerprint density at radius 1 is 1.10 bits per heavy atom. The maximum absolute atomic E-state index is 14.1. The molecule has 2 aromatic rings. The number of aryl methyl sites for hydroxylation is 1. The molecule has 1 unspecified atom stereocenters. The van der Waals surface area contributed by atoms with E-state index in [2.05, 4.69) is 5.43 Å². The van der Waals surface area contributed by atoms with Crippen LogP contribution in [0.2, 0.25) is 5.02 Å². The Bertz CT molecular complexity index is 647. The maximum atomic E-state index is 14.1. The Balaban J connectivity index is 2.65. The second kappa shape index (κ2) is 5.83. The van der Waals surface area contributed by atoms with Gasteiger partial charge in [-0.05, 0) is 30.2 Å². The average Bonchev–Trinajstić information content (AvgIpc) is 2.43. The van der Waals surface area contributed by atoms with E-state index in [-0.39, 0.29) is 21.7 Å². The molecule has 0 aliphatic carbocycles. The molecular weight excluding hydrogens is 289 g/mol. The lowest BCUT2D eigenvalue weighted by Crippen LogP contribution is -2.31. The Kier molecular flexibility index (Phi) is 4.32. The molecule has 0 aliphatic rings. The first-order valence-electron chi connectivity index (χ1n) is 5.82. The van der Waals surface area contributed by atoms with Gasteiger partial charge >= 0.3 is 0 Å². The average molecular weight is 301 g/mol. The summed E-state index contributed by atoms with van der Waals surface area (Å²) in [6.45, 7) is 1.50. The van der Waals surface area contributed by atoms with E-state index in [0.29, 0.717) is 0 Å². The molecule has 0 aromatic heterocycles. The summed E-state index contributed by atoms with van der Waals surface area (Å²) in [6.07, 6.45) is 0. The van der Waals surface area contributed by atoms with Gasteiger partial charge in [-0.2, -0.15) is 0 Å². The zero-order chi connectivity index (χ0) is 14.9. The summed E-state index contributed by atoms with van der Waals surface area (Å²) >= 11 is 5.85. The Hall–Kier alpha value is -1.56. The van der Waals surface area contributed by atoms with Crippen molar-refractivity contribution in [3.05, 3.63) is 69.5 Å². The van der Waals surface area contributed by atoms with Crippen LogP contribution in [0.25, 0.3) is 0 Å². The number of nitrogens with two attached hydrogens (primary N) is 1. The van der Waals surface area contributed by atoms with E-state index in [1.807, 2.05) is 0 Å². The summed E-state index contributed by atoms with van der Waals surface area (Å²) in [4.78, 5) is 0. The minimum atomic E-state index is -1.09. The van der Waals surface area contributed by atoms with Crippen molar-refractivity contribution < 1.29 is 13.2 Å². The van der Waals surface area contributed by atoms with Gasteiger partial charge in [0.1, 0.15) is 17.5 Å². The summed E-state index contributed by atoms with van der Waals surface area (Å²) in [6, 6.07) is 5.37. The van der Waals surface area contributed by atoms with Gasteiger partial charge in [-0.3, -0.25) is 5.84 Å². The molecule has 6 heteroatoms. The first kappa shape index (κ1) is 14.8. The van der Waals surface area contributed by atoms with Gasteiger partial charge in [-0.15, -0.1) is 0 Å². The minimum absolute atomic E-state index is 0.164. The molecule has 0 heterocycles. The van der Waals surface area contributed by atoms with E-state index in [9.17, 15) is 13.2 Å². The molecule has 0 saturated carbocycles. The third-order valence-corrected chi connectivity index (χ3v) is 3.47. The van der Waals surface area contributed by atoms with Gasteiger partial charge in [-0.1, -0.05) is 29.8 Å². The van der Waals surface area contributed by atoms with Crippen LogP contribution in [0.4, 0.5) is 13.2 Å². The van der Waals surface area contributed by atoms with E-state index in [1.54, 1.807) is 0 Å². The fourth-order valence-corrected chi connectivity index (χ4v) is 2.25. The van der Waals surface area contributed by atoms with Crippen LogP contribution in [-0.2, 0) is 0 Å². The maximum Gasteiger partial charge on any atom is 0.142 e. The first-order chi connectivity index (χ1) is 9.47. The van der Waals surface area contributed by atoms with Crippen LogP contribution < -0.4 is 11.3 Å². The van der Waals surface area contributed by atoms with Crippen molar-refractivity contribution in [1.29, 1.82) is 0 Å². The molecule has 2 rings (SSSR count). The van der Waals surface area contributed by atoms with Crippen LogP contribution in [0.1, 0.15) is 22.7 Å². The Morgan fingerprint density at radius 2 is 1.80 bits per heavy atom. The number of hydrazine groups is 1. The number of hydrogen-bond donors (Lipinski definition) is 2. The number of rotatable bonds is 3. The SMILES string of the molecule is Cc1ccc(F)c(C(NN)c2cccc(F)c2Cl)c1F. The molecule has 0 fully saturated rings. The second-order valence-corrected chi connectivity index (χ2v) is 4.71. The van der Waals surface area contributed by atoms with Crippen molar-refractivity contribution in [3.8, 4) is 0 Å². The Labute approximate surface area is 119 Å². The number of hydrogen-bond acceptors (Lipinski definition) is 2. The molecule has 0 aliphatic heterocycles. The van der Waals surface area contributed by atoms with Gasteiger partial charge < -0.3 is 0 Å². The predicted molar refractivity (Wildman–Crippen MR) is 71.7 cm³/mol. The largest absolute Gasteiger partial charge is 0.271 e. The van der Waals surface area contributed by atoms with Crippen LogP contribution in [-0.4, -0.2) is 0 Å². The van der Waals surface area contributed by atoms with Crippen LogP contribution in [0.5, 0.6) is 0 Å². The number of halogens is 4. The van der Waals surface area contributed by atoms with Crippen molar-refractivity contribution in [2.45, 2.75) is 13.0 Å². The highest BCUT2D eigenvalue weighted by Gasteiger charge is 2.25. The summed E-state index contributed by atoms with van der Waals surface area (Å²) in [7, 11) is 0. The standard InChI is InChI=1S/C14H12ClF3N2/c1-7-5-6-9(16)11(13(7)18)14(20-19)8-3-2-4-10(17)12(8)15/h2-6,14,20H,19H2,1H3. The molecule has 0 radical (unpaired) electrons. The van der Waals surface area contributed by atoms with Crippen LogP contribution in [0.3, 0.4) is 0 Å². The molecule has 0 bridgehead atoms. The molecule has 0 saturated heterocycles. The third-order valence-electron chi connectivity index (χ3n) is 3.07. The molecule has 0 amide bonds. The smallest absolute Gasteiger partial charge is 0.142 e. The summed E-state index contributed by atoms with van der Waals surface area (Å²) in [5.74, 6) is 3.17. The summed E-state index contributed by atoms with van der Waals surface area (Å²) in [5, 5.41) is -0.226. The second-order valence-electron chi connectivity index (χ2n) is 4.33. The lowest BCUT2D eigenvalue weighted by Gasteiger charge is -2.20. The minimum Gasteiger partial charge on any atom is -0.271 e. The van der Waals surface area contributed by atoms with Gasteiger partial charge in [0.05, 0.1) is 11.1 Å². The topological polar surface area (TPSA) is 38.0 Å². The van der Waals surface area contributed by atoms with E-state index < -0.39 is 23.5 Å². The number of benzene rings is 2. The van der Waals surface area contributed by atoms with E-state index in [1.165, 1.54) is 25.1 Å². The van der Waals surface area contributed by atoms with E-state index in [0.717, 1.165) is 12.1 Å². The molecule has 0 spiro atoms. The monoisotopic (exact) mass is 300 g/mol. The van der Waals surface area contributed by atoms with Crippen molar-refractivity contribution in [2.24, 2.45) is 5.84 Å². The highest BCUT2D eigenvalue weighted by Crippen LogP contribution is 2.33. The Morgan fingerprint density at radius 3 is 2.45 bits per heavy atom. The van der Waals surface area contributed by atoms with Crippen molar-refractivity contribution in [1.82, 2.24) is 5.43 Å². The fraction of sp³-hybridized carbons (Fsp3) is 0.143. The zero-order valence-corrected chi connectivity index (χ0v) is 11.3. The normalized spacial score (nSPS) is 12.5. The first-order valence-corrected chi connectivity index (χ1v) is 6.19. The quantitative estimate of drug-likeness (QED) is 0.671. The highest BCUT2D eigenvalue weighted by atomic mass is 35.5. The molecule has 106 valence electrons. The lowest BCUT2D eigenvalue weighted by molar-refractivity contribution is 0.505. The summed E-state index contributed by atoms with van der Waals surface area (Å²) in [5.41, 5.74) is 2.41. The van der Waals surface area contributed by atoms with Crippen molar-refractivity contribution in [2.75, 3.05) is 0 Å². The summed E-state index contributed by atoms with van der Waals surface area (Å²) < 4.78 is 41.5. The van der Waals surface area contributed by atoms with Gasteiger partial charge in [0, 0.05) is 5.56 Å². The van der Waals surface area contributed by atoms with Crippen LogP contribution in [0.15, 0.2) is 30.3 Å². The lowest BCUT2D eigenvalue weighted by atomic mass is 9.96. The predicted octanol–water partition coefficient (Wildman–Crippen LogP) is 3.62. The molecule has 3 N–H and O–H groups in total. The van der Waals surface area contributed by atoms with Gasteiger partial charge in [-0.25, -0.2) is 18.6 Å². The van der Waals surface area contributed by atoms with Gasteiger partial charge in [0.25, 0.3) is 0 Å². The van der Waals surface area contributed by atoms with E-state index in [4.69, 9.17) is 17.4 Å². The molecule has 2 aromatic carbocycles. The van der Waals surface area contributed by atoms with E-state index >= 15 is 0 Å². The molecule has 2 nitrogen and oxygen atoms in total. The zero-order valence-electron chi connectivity index (χ0n) is 10.6. The van der Waals surface area contributed by atoms with Crippen molar-refractivity contribution >= 4 is 11.6 Å². The van der Waals surface area contributed by atoms with Gasteiger partial charge in [0.15, 0.2) is 0 Å². The third kappa shape index (κ3) is 2.52. The highest BCUT2D eigenvalue weighted by molar-refractivity contribution is 6.31. The molecular formula is C14H12ClF3N2. The van der Waals surface area contributed by atoms with Crippen LogP contribution >= 0.6 is 11.6 Å².